The Bertz CT molecular complexity index is 1370. The standard InChI is InChI=1S/C27H36N4O5S2/c1-6-29(7-2)17-18-30(27-28-24-23(36-5)15-10-19(3)25(24)37-27)26(32)22-9-8-16-31(22)38(33,34)21-13-11-20(35-4)12-14-21/h10-15,22H,6-9,16-18H2,1-5H3. The van der Waals surface area contributed by atoms with Crippen molar-refractivity contribution in [1.82, 2.24) is 14.2 Å². The molecule has 1 atom stereocenters. The van der Waals surface area contributed by atoms with Crippen LogP contribution in [0.15, 0.2) is 41.3 Å². The highest BCUT2D eigenvalue weighted by Gasteiger charge is 2.42. The van der Waals surface area contributed by atoms with Gasteiger partial charge in [-0.05, 0) is 68.8 Å². The second-order valence-corrected chi connectivity index (χ2v) is 12.1. The molecule has 11 heteroatoms. The zero-order chi connectivity index (χ0) is 27.4. The third-order valence-electron chi connectivity index (χ3n) is 7.10. The Labute approximate surface area is 229 Å². The van der Waals surface area contributed by atoms with Crippen molar-refractivity contribution in [3.8, 4) is 11.5 Å². The van der Waals surface area contributed by atoms with Crippen LogP contribution in [0, 0.1) is 6.92 Å². The lowest BCUT2D eigenvalue weighted by molar-refractivity contribution is -0.121. The normalized spacial score (nSPS) is 16.3. The molecule has 206 valence electrons. The number of likely N-dealkylation sites (N-methyl/N-ethyl adjacent to an activating group) is 1. The highest BCUT2D eigenvalue weighted by molar-refractivity contribution is 7.89. The van der Waals surface area contributed by atoms with Crippen molar-refractivity contribution in [2.24, 2.45) is 0 Å². The summed E-state index contributed by atoms with van der Waals surface area (Å²) in [6.45, 7) is 9.24. The summed E-state index contributed by atoms with van der Waals surface area (Å²) in [5.74, 6) is 0.971. The Balaban J connectivity index is 1.71. The minimum atomic E-state index is -3.87. The number of amides is 1. The van der Waals surface area contributed by atoms with Gasteiger partial charge < -0.3 is 14.4 Å². The number of hydrogen-bond acceptors (Lipinski definition) is 8. The second kappa shape index (κ2) is 12.0. The zero-order valence-electron chi connectivity index (χ0n) is 22.6. The van der Waals surface area contributed by atoms with Crippen LogP contribution < -0.4 is 14.4 Å². The Morgan fingerprint density at radius 2 is 1.79 bits per heavy atom. The quantitative estimate of drug-likeness (QED) is 0.348. The van der Waals surface area contributed by atoms with E-state index < -0.39 is 16.1 Å². The maximum Gasteiger partial charge on any atom is 0.247 e. The van der Waals surface area contributed by atoms with Crippen LogP contribution in [0.3, 0.4) is 0 Å². The molecular weight excluding hydrogens is 524 g/mol. The van der Waals surface area contributed by atoms with E-state index in [2.05, 4.69) is 18.7 Å². The van der Waals surface area contributed by atoms with E-state index in [1.165, 1.54) is 34.9 Å². The monoisotopic (exact) mass is 560 g/mol. The van der Waals surface area contributed by atoms with Gasteiger partial charge in [0.15, 0.2) is 5.13 Å². The molecule has 0 radical (unpaired) electrons. The number of aromatic nitrogens is 1. The lowest BCUT2D eigenvalue weighted by Gasteiger charge is -2.30. The number of thiazole rings is 1. The van der Waals surface area contributed by atoms with Crippen LogP contribution in [-0.2, 0) is 14.8 Å². The van der Waals surface area contributed by atoms with E-state index in [4.69, 9.17) is 14.5 Å². The summed E-state index contributed by atoms with van der Waals surface area (Å²) in [5, 5.41) is 0.554. The predicted molar refractivity (Wildman–Crippen MR) is 151 cm³/mol. The van der Waals surface area contributed by atoms with E-state index in [0.717, 1.165) is 23.4 Å². The lowest BCUT2D eigenvalue weighted by Crippen LogP contribution is -2.49. The maximum absolute atomic E-state index is 14.2. The SMILES string of the molecule is CCN(CC)CCN(C(=O)C1CCCN1S(=O)(=O)c1ccc(OC)cc1)c1nc2c(OC)ccc(C)c2s1. The third-order valence-corrected chi connectivity index (χ3v) is 10.2. The molecule has 0 spiro atoms. The lowest BCUT2D eigenvalue weighted by atomic mass is 10.2. The van der Waals surface area contributed by atoms with E-state index in [1.54, 1.807) is 24.1 Å². The Morgan fingerprint density at radius 1 is 1.08 bits per heavy atom. The molecule has 1 aromatic heterocycles. The number of rotatable bonds is 11. The molecule has 0 bridgehead atoms. The van der Waals surface area contributed by atoms with Gasteiger partial charge in [0, 0.05) is 19.6 Å². The van der Waals surface area contributed by atoms with Gasteiger partial charge in [0.25, 0.3) is 0 Å². The Kier molecular flexibility index (Phi) is 8.92. The minimum absolute atomic E-state index is 0.146. The molecule has 0 saturated carbocycles. The van der Waals surface area contributed by atoms with E-state index >= 15 is 0 Å². The minimum Gasteiger partial charge on any atom is -0.497 e. The van der Waals surface area contributed by atoms with Crippen molar-refractivity contribution in [3.05, 3.63) is 42.0 Å². The summed E-state index contributed by atoms with van der Waals surface area (Å²) in [6, 6.07) is 9.34. The summed E-state index contributed by atoms with van der Waals surface area (Å²) >= 11 is 1.44. The fraction of sp³-hybridized carbons (Fsp3) is 0.481. The van der Waals surface area contributed by atoms with Crippen molar-refractivity contribution in [3.63, 3.8) is 0 Å². The molecule has 1 amide bonds. The number of nitrogens with zero attached hydrogens (tertiary/aromatic N) is 4. The zero-order valence-corrected chi connectivity index (χ0v) is 24.3. The van der Waals surface area contributed by atoms with E-state index in [1.807, 2.05) is 19.1 Å². The van der Waals surface area contributed by atoms with Crippen molar-refractivity contribution < 1.29 is 22.7 Å². The van der Waals surface area contributed by atoms with Gasteiger partial charge in [-0.3, -0.25) is 9.69 Å². The number of aryl methyl sites for hydroxylation is 1. The Morgan fingerprint density at radius 3 is 2.42 bits per heavy atom. The largest absolute Gasteiger partial charge is 0.497 e. The van der Waals surface area contributed by atoms with E-state index in [-0.39, 0.29) is 10.8 Å². The first kappa shape index (κ1) is 28.3. The summed E-state index contributed by atoms with van der Waals surface area (Å²) < 4.78 is 40.2. The average Bonchev–Trinajstić information content (AvgIpc) is 3.60. The number of ether oxygens (including phenoxy) is 2. The van der Waals surface area contributed by atoms with Crippen LogP contribution in [0.1, 0.15) is 32.3 Å². The van der Waals surface area contributed by atoms with E-state index in [9.17, 15) is 13.2 Å². The smallest absolute Gasteiger partial charge is 0.247 e. The first-order valence-electron chi connectivity index (χ1n) is 12.9. The molecule has 1 aliphatic heterocycles. The van der Waals surface area contributed by atoms with Gasteiger partial charge in [0.1, 0.15) is 23.1 Å². The molecule has 1 unspecified atom stereocenters. The van der Waals surface area contributed by atoms with Crippen LogP contribution >= 0.6 is 11.3 Å². The Hall–Kier alpha value is -2.73. The van der Waals surface area contributed by atoms with Gasteiger partial charge in [-0.25, -0.2) is 13.4 Å². The van der Waals surface area contributed by atoms with Gasteiger partial charge in [-0.2, -0.15) is 4.31 Å². The number of methoxy groups -OCH3 is 2. The first-order chi connectivity index (χ1) is 18.2. The van der Waals surface area contributed by atoms with Crippen molar-refractivity contribution in [2.75, 3.05) is 51.8 Å². The molecule has 1 aliphatic rings. The van der Waals surface area contributed by atoms with Crippen molar-refractivity contribution in [1.29, 1.82) is 0 Å². The van der Waals surface area contributed by atoms with Crippen LogP contribution in [0.5, 0.6) is 11.5 Å². The summed E-state index contributed by atoms with van der Waals surface area (Å²) in [6.07, 6.45) is 1.08. The number of fused-ring (bicyclic) bond motifs is 1. The molecule has 2 aromatic carbocycles. The fourth-order valence-corrected chi connectivity index (χ4v) is 7.53. The van der Waals surface area contributed by atoms with Gasteiger partial charge in [0.2, 0.25) is 15.9 Å². The fourth-order valence-electron chi connectivity index (χ4n) is 4.80. The number of benzene rings is 2. The maximum atomic E-state index is 14.2. The molecule has 3 aromatic rings. The van der Waals surface area contributed by atoms with E-state index in [0.29, 0.717) is 54.6 Å². The number of sulfonamides is 1. The van der Waals surface area contributed by atoms with Gasteiger partial charge in [-0.1, -0.05) is 31.3 Å². The summed E-state index contributed by atoms with van der Waals surface area (Å²) in [4.78, 5) is 23.0. The molecule has 2 heterocycles. The van der Waals surface area contributed by atoms with Crippen LogP contribution in [-0.4, -0.2) is 81.5 Å². The molecule has 4 rings (SSSR count). The second-order valence-electron chi connectivity index (χ2n) is 9.22. The van der Waals surface area contributed by atoms with Crippen molar-refractivity contribution in [2.45, 2.75) is 44.6 Å². The summed E-state index contributed by atoms with van der Waals surface area (Å²) in [7, 11) is -0.737. The highest BCUT2D eigenvalue weighted by atomic mass is 32.2. The molecule has 0 N–H and O–H groups in total. The molecule has 9 nitrogen and oxygen atoms in total. The number of carbonyl (C=O) groups is 1. The van der Waals surface area contributed by atoms with Crippen LogP contribution in [0.4, 0.5) is 5.13 Å². The molecule has 1 fully saturated rings. The number of anilines is 1. The van der Waals surface area contributed by atoms with Gasteiger partial charge in [0.05, 0.1) is 23.8 Å². The van der Waals surface area contributed by atoms with Crippen LogP contribution in [0.2, 0.25) is 0 Å². The first-order valence-corrected chi connectivity index (χ1v) is 15.1. The third kappa shape index (κ3) is 5.51. The van der Waals surface area contributed by atoms with Crippen LogP contribution in [0.25, 0.3) is 10.2 Å². The highest BCUT2D eigenvalue weighted by Crippen LogP contribution is 2.37. The molecule has 1 saturated heterocycles. The van der Waals surface area contributed by atoms with Gasteiger partial charge >= 0.3 is 0 Å². The molecule has 0 aliphatic carbocycles. The number of carbonyl (C=O) groups excluding carboxylic acids is 1. The van der Waals surface area contributed by atoms with Crippen molar-refractivity contribution >= 4 is 42.6 Å². The topological polar surface area (TPSA) is 92.3 Å². The summed E-state index contributed by atoms with van der Waals surface area (Å²) in [5.41, 5.74) is 1.76. The molecular formula is C27H36N4O5S2. The predicted octanol–water partition coefficient (Wildman–Crippen LogP) is 4.15. The number of hydrogen-bond donors (Lipinski definition) is 0. The average molecular weight is 561 g/mol. The molecule has 38 heavy (non-hydrogen) atoms. The van der Waals surface area contributed by atoms with Gasteiger partial charge in [-0.15, -0.1) is 0 Å².